The molecule has 1 aliphatic heterocycles. The number of halogens is 1. The monoisotopic (exact) mass is 366 g/mol. The molecular formula is C13H19FN2O5S2. The molecular weight excluding hydrogens is 347 g/mol. The Bertz CT molecular complexity index is 759. The number of ether oxygens (including phenoxy) is 1. The second kappa shape index (κ2) is 7.22. The first-order valence-electron chi connectivity index (χ1n) is 7.04. The summed E-state index contributed by atoms with van der Waals surface area (Å²) in [5, 5.41) is 0. The maximum Gasteiger partial charge on any atom is 0.240 e. The zero-order valence-corrected chi connectivity index (χ0v) is 14.3. The lowest BCUT2D eigenvalue weighted by Crippen LogP contribution is -2.43. The van der Waals surface area contributed by atoms with Crippen LogP contribution in [0.4, 0.5) is 4.39 Å². The number of rotatable bonds is 6. The predicted octanol–water partition coefficient (Wildman–Crippen LogP) is 0.0744. The molecule has 1 aliphatic rings. The summed E-state index contributed by atoms with van der Waals surface area (Å²) >= 11 is 0. The summed E-state index contributed by atoms with van der Waals surface area (Å²) < 4.78 is 70.2. The van der Waals surface area contributed by atoms with Gasteiger partial charge in [0, 0.05) is 19.6 Å². The van der Waals surface area contributed by atoms with E-state index in [2.05, 4.69) is 4.72 Å². The van der Waals surface area contributed by atoms with Gasteiger partial charge in [-0.05, 0) is 30.7 Å². The van der Waals surface area contributed by atoms with Crippen LogP contribution in [0.25, 0.3) is 0 Å². The maximum atomic E-state index is 13.2. The molecule has 1 saturated heterocycles. The maximum absolute atomic E-state index is 13.2. The van der Waals surface area contributed by atoms with Crippen LogP contribution in [0.5, 0.6) is 0 Å². The Morgan fingerprint density at radius 1 is 1.22 bits per heavy atom. The van der Waals surface area contributed by atoms with Crippen molar-refractivity contribution in [1.29, 1.82) is 0 Å². The number of hydrogen-bond donors (Lipinski definition) is 1. The van der Waals surface area contributed by atoms with E-state index in [0.717, 1.165) is 12.1 Å². The number of nitrogens with one attached hydrogen (secondary N) is 1. The quantitative estimate of drug-likeness (QED) is 0.769. The number of sulfonamides is 2. The normalized spacial score (nSPS) is 17.3. The van der Waals surface area contributed by atoms with E-state index in [1.54, 1.807) is 0 Å². The van der Waals surface area contributed by atoms with Crippen molar-refractivity contribution in [3.8, 4) is 0 Å². The molecule has 1 fully saturated rings. The van der Waals surface area contributed by atoms with Crippen LogP contribution < -0.4 is 4.72 Å². The van der Waals surface area contributed by atoms with Crippen molar-refractivity contribution in [3.63, 3.8) is 0 Å². The molecule has 0 amide bonds. The van der Waals surface area contributed by atoms with Crippen molar-refractivity contribution in [3.05, 3.63) is 29.6 Å². The average molecular weight is 366 g/mol. The summed E-state index contributed by atoms with van der Waals surface area (Å²) in [6.07, 6.45) is 0. The van der Waals surface area contributed by atoms with Gasteiger partial charge in [0.2, 0.25) is 20.0 Å². The molecule has 1 heterocycles. The van der Waals surface area contributed by atoms with Crippen LogP contribution in [0, 0.1) is 12.7 Å². The molecule has 1 aromatic rings. The van der Waals surface area contributed by atoms with Gasteiger partial charge in [-0.2, -0.15) is 4.31 Å². The number of morpholine rings is 1. The topological polar surface area (TPSA) is 92.8 Å². The van der Waals surface area contributed by atoms with Crippen LogP contribution in [0.2, 0.25) is 0 Å². The fourth-order valence-corrected chi connectivity index (χ4v) is 4.70. The Hall–Kier alpha value is -1.07. The van der Waals surface area contributed by atoms with Gasteiger partial charge in [-0.3, -0.25) is 0 Å². The van der Waals surface area contributed by atoms with Crippen LogP contribution in [-0.2, 0) is 24.8 Å². The second-order valence-electron chi connectivity index (χ2n) is 5.14. The van der Waals surface area contributed by atoms with Crippen molar-refractivity contribution in [2.45, 2.75) is 11.8 Å². The molecule has 0 aliphatic carbocycles. The highest BCUT2D eigenvalue weighted by Crippen LogP contribution is 2.14. The number of hydrogen-bond acceptors (Lipinski definition) is 5. The highest BCUT2D eigenvalue weighted by atomic mass is 32.2. The molecule has 10 heteroatoms. The molecule has 130 valence electrons. The third-order valence-electron chi connectivity index (χ3n) is 3.46. The first-order valence-corrected chi connectivity index (χ1v) is 10.1. The van der Waals surface area contributed by atoms with E-state index >= 15 is 0 Å². The van der Waals surface area contributed by atoms with Crippen molar-refractivity contribution in [2.24, 2.45) is 0 Å². The Labute approximate surface area is 135 Å². The minimum absolute atomic E-state index is 0.0971. The fourth-order valence-electron chi connectivity index (χ4n) is 2.13. The number of aryl methyl sites for hydroxylation is 1. The molecule has 0 radical (unpaired) electrons. The van der Waals surface area contributed by atoms with Crippen LogP contribution in [-0.4, -0.2) is 59.7 Å². The molecule has 1 aromatic carbocycles. The van der Waals surface area contributed by atoms with E-state index in [-0.39, 0.29) is 35.8 Å². The Morgan fingerprint density at radius 2 is 1.87 bits per heavy atom. The molecule has 0 bridgehead atoms. The van der Waals surface area contributed by atoms with E-state index in [0.29, 0.717) is 13.2 Å². The molecule has 23 heavy (non-hydrogen) atoms. The summed E-state index contributed by atoms with van der Waals surface area (Å²) in [5.74, 6) is -0.842. The van der Waals surface area contributed by atoms with Crippen molar-refractivity contribution < 1.29 is 26.0 Å². The lowest BCUT2D eigenvalue weighted by Gasteiger charge is -2.26. The zero-order valence-electron chi connectivity index (χ0n) is 12.7. The summed E-state index contributed by atoms with van der Waals surface area (Å²) in [5.41, 5.74) is 0.203. The van der Waals surface area contributed by atoms with Gasteiger partial charge in [-0.15, -0.1) is 0 Å². The highest BCUT2D eigenvalue weighted by Gasteiger charge is 2.25. The Morgan fingerprint density at radius 3 is 2.48 bits per heavy atom. The third-order valence-corrected chi connectivity index (χ3v) is 6.79. The zero-order chi connectivity index (χ0) is 17.1. The molecule has 2 rings (SSSR count). The summed E-state index contributed by atoms with van der Waals surface area (Å²) in [6, 6.07) is 3.41. The van der Waals surface area contributed by atoms with Crippen LogP contribution in [0.1, 0.15) is 5.56 Å². The smallest absolute Gasteiger partial charge is 0.240 e. The summed E-state index contributed by atoms with van der Waals surface area (Å²) in [4.78, 5) is -0.0971. The van der Waals surface area contributed by atoms with Gasteiger partial charge < -0.3 is 4.74 Å². The number of nitrogens with zero attached hydrogens (tertiary/aromatic N) is 1. The predicted molar refractivity (Wildman–Crippen MR) is 82.5 cm³/mol. The first-order chi connectivity index (χ1) is 10.7. The van der Waals surface area contributed by atoms with E-state index in [1.165, 1.54) is 17.3 Å². The van der Waals surface area contributed by atoms with E-state index in [1.807, 2.05) is 0 Å². The van der Waals surface area contributed by atoms with Gasteiger partial charge in [0.05, 0.1) is 23.9 Å². The van der Waals surface area contributed by atoms with Gasteiger partial charge in [0.25, 0.3) is 0 Å². The van der Waals surface area contributed by atoms with Crippen molar-refractivity contribution >= 4 is 20.0 Å². The largest absolute Gasteiger partial charge is 0.379 e. The summed E-state index contributed by atoms with van der Waals surface area (Å²) in [7, 11) is -7.41. The minimum Gasteiger partial charge on any atom is -0.379 e. The standard InChI is InChI=1S/C13H19FN2O5S2/c1-11-10-12(2-3-13(11)14)23(19,20)15-4-9-22(17,18)16-5-7-21-8-6-16/h2-3,10,15H,4-9H2,1H3. The second-order valence-corrected chi connectivity index (χ2v) is 8.99. The number of benzene rings is 1. The van der Waals surface area contributed by atoms with E-state index in [9.17, 15) is 21.2 Å². The highest BCUT2D eigenvalue weighted by molar-refractivity contribution is 7.90. The average Bonchev–Trinajstić information content (AvgIpc) is 2.50. The SMILES string of the molecule is Cc1cc(S(=O)(=O)NCCS(=O)(=O)N2CCOCC2)ccc1F. The van der Waals surface area contributed by atoms with Crippen molar-refractivity contribution in [2.75, 3.05) is 38.6 Å². The van der Waals surface area contributed by atoms with E-state index in [4.69, 9.17) is 4.74 Å². The fraction of sp³-hybridized carbons (Fsp3) is 0.538. The molecule has 0 unspecified atom stereocenters. The van der Waals surface area contributed by atoms with Gasteiger partial charge in [-0.1, -0.05) is 0 Å². The molecule has 7 nitrogen and oxygen atoms in total. The van der Waals surface area contributed by atoms with Crippen LogP contribution in [0.15, 0.2) is 23.1 Å². The molecule has 0 atom stereocenters. The molecule has 1 N–H and O–H groups in total. The van der Waals surface area contributed by atoms with Crippen LogP contribution in [0.3, 0.4) is 0 Å². The third kappa shape index (κ3) is 4.70. The van der Waals surface area contributed by atoms with Gasteiger partial charge in [-0.25, -0.2) is 25.9 Å². The molecule has 0 aromatic heterocycles. The van der Waals surface area contributed by atoms with Gasteiger partial charge >= 0.3 is 0 Å². The molecule has 0 saturated carbocycles. The Kier molecular flexibility index (Phi) is 5.74. The van der Waals surface area contributed by atoms with E-state index < -0.39 is 25.9 Å². The van der Waals surface area contributed by atoms with Crippen LogP contribution >= 0.6 is 0 Å². The first kappa shape index (κ1) is 18.3. The lowest BCUT2D eigenvalue weighted by molar-refractivity contribution is 0.0730. The molecule has 0 spiro atoms. The summed E-state index contributed by atoms with van der Waals surface area (Å²) in [6.45, 7) is 2.41. The van der Waals surface area contributed by atoms with Gasteiger partial charge in [0.1, 0.15) is 5.82 Å². The van der Waals surface area contributed by atoms with Gasteiger partial charge in [0.15, 0.2) is 0 Å². The minimum atomic E-state index is -3.88. The Balaban J connectivity index is 1.97. The van der Waals surface area contributed by atoms with Crippen molar-refractivity contribution in [1.82, 2.24) is 9.03 Å². The lowest BCUT2D eigenvalue weighted by atomic mass is 10.2.